The summed E-state index contributed by atoms with van der Waals surface area (Å²) >= 11 is 0. The summed E-state index contributed by atoms with van der Waals surface area (Å²) in [4.78, 5) is 13.9. The van der Waals surface area contributed by atoms with Crippen molar-refractivity contribution in [2.45, 2.75) is 25.8 Å². The molecule has 1 saturated carbocycles. The third-order valence-electron chi connectivity index (χ3n) is 2.61. The number of likely N-dealkylation sites (N-methyl/N-ethyl adjacent to an activating group) is 1. The molecule has 0 saturated heterocycles. The zero-order chi connectivity index (χ0) is 9.97. The van der Waals surface area contributed by atoms with Crippen LogP contribution in [-0.2, 0) is 0 Å². The van der Waals surface area contributed by atoms with E-state index in [1.54, 1.807) is 18.4 Å². The van der Waals surface area contributed by atoms with Crippen LogP contribution in [0, 0.1) is 0 Å². The zero-order valence-corrected chi connectivity index (χ0v) is 8.40. The van der Waals surface area contributed by atoms with Crippen LogP contribution in [0.3, 0.4) is 0 Å². The number of furan rings is 1. The average Bonchev–Trinajstić information content (AvgIpc) is 2.88. The van der Waals surface area contributed by atoms with Crippen molar-refractivity contribution in [3.8, 4) is 0 Å². The van der Waals surface area contributed by atoms with Crippen molar-refractivity contribution in [3.05, 3.63) is 24.2 Å². The molecule has 0 amide bonds. The van der Waals surface area contributed by atoms with E-state index in [-0.39, 0.29) is 5.78 Å². The first kappa shape index (κ1) is 9.46. The number of hydrogen-bond acceptors (Lipinski definition) is 3. The molecule has 0 unspecified atom stereocenters. The molecule has 1 heterocycles. The highest BCUT2D eigenvalue weighted by atomic mass is 16.3. The van der Waals surface area contributed by atoms with Gasteiger partial charge in [0.15, 0.2) is 5.76 Å². The molecule has 1 aromatic heterocycles. The quantitative estimate of drug-likeness (QED) is 0.670. The van der Waals surface area contributed by atoms with Crippen molar-refractivity contribution < 1.29 is 9.21 Å². The molecule has 0 N–H and O–H groups in total. The predicted molar refractivity (Wildman–Crippen MR) is 53.3 cm³/mol. The molecule has 0 atom stereocenters. The standard InChI is InChI=1S/C11H15NO2/c1-2-12(9-5-6-9)8-10(13)11-4-3-7-14-11/h3-4,7,9H,2,5-6,8H2,1H3. The minimum absolute atomic E-state index is 0.0868. The first-order valence-electron chi connectivity index (χ1n) is 5.12. The van der Waals surface area contributed by atoms with E-state index in [9.17, 15) is 4.79 Å². The van der Waals surface area contributed by atoms with E-state index in [4.69, 9.17) is 4.42 Å². The van der Waals surface area contributed by atoms with Gasteiger partial charge in [0.05, 0.1) is 12.8 Å². The SMILES string of the molecule is CCN(CC(=O)c1ccco1)C1CC1. The summed E-state index contributed by atoms with van der Waals surface area (Å²) in [5.74, 6) is 0.563. The van der Waals surface area contributed by atoms with Crippen LogP contribution in [-0.4, -0.2) is 29.8 Å². The van der Waals surface area contributed by atoms with Gasteiger partial charge in [0.2, 0.25) is 5.78 Å². The van der Waals surface area contributed by atoms with Crippen molar-refractivity contribution in [1.82, 2.24) is 4.90 Å². The lowest BCUT2D eigenvalue weighted by Crippen LogP contribution is -2.31. The van der Waals surface area contributed by atoms with Crippen molar-refractivity contribution in [1.29, 1.82) is 0 Å². The summed E-state index contributed by atoms with van der Waals surface area (Å²) in [5, 5.41) is 0. The van der Waals surface area contributed by atoms with Crippen LogP contribution in [0.25, 0.3) is 0 Å². The highest BCUT2D eigenvalue weighted by Gasteiger charge is 2.29. The summed E-state index contributed by atoms with van der Waals surface area (Å²) in [6.45, 7) is 3.53. The van der Waals surface area contributed by atoms with Crippen molar-refractivity contribution in [2.24, 2.45) is 0 Å². The van der Waals surface area contributed by atoms with Gasteiger partial charge in [0, 0.05) is 6.04 Å². The van der Waals surface area contributed by atoms with Crippen LogP contribution in [0.15, 0.2) is 22.8 Å². The fourth-order valence-corrected chi connectivity index (χ4v) is 1.64. The first-order chi connectivity index (χ1) is 6.81. The predicted octanol–water partition coefficient (Wildman–Crippen LogP) is 1.95. The molecular formula is C11H15NO2. The molecule has 0 aromatic carbocycles. The Hall–Kier alpha value is -1.09. The van der Waals surface area contributed by atoms with Gasteiger partial charge in [-0.1, -0.05) is 6.92 Å². The number of Topliss-reactive ketones (excluding diaryl/α,β-unsaturated/α-hetero) is 1. The second-order valence-electron chi connectivity index (χ2n) is 3.69. The van der Waals surface area contributed by atoms with E-state index < -0.39 is 0 Å². The highest BCUT2D eigenvalue weighted by molar-refractivity contribution is 5.95. The molecular weight excluding hydrogens is 178 g/mol. The third kappa shape index (κ3) is 2.04. The molecule has 0 radical (unpaired) electrons. The van der Waals surface area contributed by atoms with E-state index in [0.29, 0.717) is 18.3 Å². The molecule has 1 aliphatic carbocycles. The Morgan fingerprint density at radius 3 is 2.93 bits per heavy atom. The average molecular weight is 193 g/mol. The van der Waals surface area contributed by atoms with Gasteiger partial charge in [-0.05, 0) is 31.5 Å². The monoisotopic (exact) mass is 193 g/mol. The maximum atomic E-state index is 11.7. The van der Waals surface area contributed by atoms with E-state index in [1.165, 1.54) is 12.8 Å². The Labute approximate surface area is 83.7 Å². The van der Waals surface area contributed by atoms with Crippen molar-refractivity contribution >= 4 is 5.78 Å². The Balaban J connectivity index is 1.92. The van der Waals surface area contributed by atoms with Gasteiger partial charge in [0.1, 0.15) is 0 Å². The smallest absolute Gasteiger partial charge is 0.211 e. The number of rotatable bonds is 5. The Kier molecular flexibility index (Phi) is 2.68. The van der Waals surface area contributed by atoms with Gasteiger partial charge < -0.3 is 4.42 Å². The largest absolute Gasteiger partial charge is 0.461 e. The van der Waals surface area contributed by atoms with Gasteiger partial charge in [-0.3, -0.25) is 9.69 Å². The summed E-state index contributed by atoms with van der Waals surface area (Å²) in [6, 6.07) is 4.11. The maximum Gasteiger partial charge on any atom is 0.211 e. The number of nitrogens with zero attached hydrogens (tertiary/aromatic N) is 1. The highest BCUT2D eigenvalue weighted by Crippen LogP contribution is 2.26. The molecule has 0 aliphatic heterocycles. The van der Waals surface area contributed by atoms with E-state index >= 15 is 0 Å². The van der Waals surface area contributed by atoms with Gasteiger partial charge in [-0.15, -0.1) is 0 Å². The summed E-state index contributed by atoms with van der Waals surface area (Å²) in [6.07, 6.45) is 4.01. The Bertz CT molecular complexity index is 301. The molecule has 2 rings (SSSR count). The maximum absolute atomic E-state index is 11.7. The zero-order valence-electron chi connectivity index (χ0n) is 8.40. The summed E-state index contributed by atoms with van der Waals surface area (Å²) < 4.78 is 5.06. The lowest BCUT2D eigenvalue weighted by atomic mass is 10.3. The number of carbonyl (C=O) groups excluding carboxylic acids is 1. The van der Waals surface area contributed by atoms with Gasteiger partial charge >= 0.3 is 0 Å². The lowest BCUT2D eigenvalue weighted by molar-refractivity contribution is 0.0901. The molecule has 14 heavy (non-hydrogen) atoms. The fraction of sp³-hybridized carbons (Fsp3) is 0.545. The van der Waals surface area contributed by atoms with Gasteiger partial charge in [0.25, 0.3) is 0 Å². The Morgan fingerprint density at radius 1 is 1.64 bits per heavy atom. The molecule has 76 valence electrons. The number of hydrogen-bond donors (Lipinski definition) is 0. The molecule has 0 spiro atoms. The fourth-order valence-electron chi connectivity index (χ4n) is 1.64. The molecule has 1 aromatic rings. The summed E-state index contributed by atoms with van der Waals surface area (Å²) in [5.41, 5.74) is 0. The van der Waals surface area contributed by atoms with E-state index in [1.807, 2.05) is 0 Å². The minimum atomic E-state index is 0.0868. The van der Waals surface area contributed by atoms with Crippen LogP contribution >= 0.6 is 0 Å². The first-order valence-corrected chi connectivity index (χ1v) is 5.12. The Morgan fingerprint density at radius 2 is 2.43 bits per heavy atom. The van der Waals surface area contributed by atoms with Crippen LogP contribution in [0.2, 0.25) is 0 Å². The molecule has 1 aliphatic rings. The molecule has 3 heteroatoms. The van der Waals surface area contributed by atoms with Crippen LogP contribution in [0.5, 0.6) is 0 Å². The molecule has 3 nitrogen and oxygen atoms in total. The summed E-state index contributed by atoms with van der Waals surface area (Å²) in [7, 11) is 0. The second kappa shape index (κ2) is 3.96. The third-order valence-corrected chi connectivity index (χ3v) is 2.61. The van der Waals surface area contributed by atoms with Crippen LogP contribution in [0.4, 0.5) is 0 Å². The van der Waals surface area contributed by atoms with Gasteiger partial charge in [-0.25, -0.2) is 0 Å². The minimum Gasteiger partial charge on any atom is -0.461 e. The van der Waals surface area contributed by atoms with Crippen molar-refractivity contribution in [3.63, 3.8) is 0 Å². The topological polar surface area (TPSA) is 33.5 Å². The van der Waals surface area contributed by atoms with Crippen LogP contribution in [0.1, 0.15) is 30.3 Å². The number of carbonyl (C=O) groups is 1. The van der Waals surface area contributed by atoms with Crippen molar-refractivity contribution in [2.75, 3.05) is 13.1 Å². The lowest BCUT2D eigenvalue weighted by Gasteiger charge is -2.17. The second-order valence-corrected chi connectivity index (χ2v) is 3.69. The number of ketones is 1. The molecule has 0 bridgehead atoms. The van der Waals surface area contributed by atoms with E-state index in [0.717, 1.165) is 6.54 Å². The van der Waals surface area contributed by atoms with Gasteiger partial charge in [-0.2, -0.15) is 0 Å². The molecule has 1 fully saturated rings. The van der Waals surface area contributed by atoms with Crippen LogP contribution < -0.4 is 0 Å². The normalized spacial score (nSPS) is 16.1. The van der Waals surface area contributed by atoms with E-state index in [2.05, 4.69) is 11.8 Å².